The van der Waals surface area contributed by atoms with E-state index < -0.39 is 11.9 Å². The molecule has 1 unspecified atom stereocenters. The van der Waals surface area contributed by atoms with Gasteiger partial charge < -0.3 is 18.9 Å². The third-order valence-electron chi connectivity index (χ3n) is 6.13. The van der Waals surface area contributed by atoms with Gasteiger partial charge in [0.25, 0.3) is 0 Å². The highest BCUT2D eigenvalue weighted by Gasteiger charge is 2.22. The van der Waals surface area contributed by atoms with Crippen LogP contribution in [0, 0.1) is 3.70 Å². The standard InChI is InChI=1S/C18H20ClNO3.C12H9ClINO.C6H10O3.CO2/c1-3-14(18(21)22-4-2)15-10-11-16(17(19)20-15)23-12-13-8-6-5-7-9-13;13-12-10(6-7-11(14)15-12)16-8-9-4-2-1-3-5-9;1-3-9-6(8)4-5(2)7;2-1-3/h5-11,14H,3-4,12H2,1-2H3;1-7H,8H2;3-4H2,1-2H3;. The van der Waals surface area contributed by atoms with Gasteiger partial charge in [-0.2, -0.15) is 9.59 Å². The summed E-state index contributed by atoms with van der Waals surface area (Å²) in [5.74, 6) is -0.172. The van der Waals surface area contributed by atoms with E-state index in [1.807, 2.05) is 79.7 Å². The fourth-order valence-electron chi connectivity index (χ4n) is 3.87. The summed E-state index contributed by atoms with van der Waals surface area (Å²) in [5, 5.41) is 0.656. The number of pyridine rings is 2. The SMILES string of the molecule is CCOC(=O)C(CC)c1ccc(OCc2ccccc2)c(Cl)n1.CCOC(=O)CC(C)=O.Clc1nc(I)ccc1OCc1ccccc1.O=C=O. The number of hydrogen-bond donors (Lipinski definition) is 0. The maximum absolute atomic E-state index is 11.9. The summed E-state index contributed by atoms with van der Waals surface area (Å²) in [6.07, 6.45) is 0.750. The topological polar surface area (TPSA) is 148 Å². The smallest absolute Gasteiger partial charge is 0.373 e. The third-order valence-corrected chi connectivity index (χ3v) is 7.27. The van der Waals surface area contributed by atoms with E-state index in [2.05, 4.69) is 37.3 Å². The molecule has 0 saturated heterocycles. The van der Waals surface area contributed by atoms with Crippen LogP contribution in [0.25, 0.3) is 0 Å². The quantitative estimate of drug-likeness (QED) is 0.0555. The summed E-state index contributed by atoms with van der Waals surface area (Å²) in [6, 6.07) is 27.0. The molecule has 0 aliphatic heterocycles. The number of nitrogens with zero attached hydrogens (tertiary/aromatic N) is 2. The second-order valence-corrected chi connectivity index (χ2v) is 11.8. The average molecular weight is 854 g/mol. The molecule has 0 amide bonds. The van der Waals surface area contributed by atoms with Gasteiger partial charge in [-0.05, 0) is 85.2 Å². The summed E-state index contributed by atoms with van der Waals surface area (Å²) in [4.78, 5) is 57.2. The second-order valence-electron chi connectivity index (χ2n) is 9.98. The fourth-order valence-corrected chi connectivity index (χ4v) is 4.86. The van der Waals surface area contributed by atoms with Gasteiger partial charge >= 0.3 is 18.1 Å². The molecule has 4 aromatic rings. The minimum Gasteiger partial charge on any atom is -0.486 e. The van der Waals surface area contributed by atoms with Gasteiger partial charge in [0.05, 0.1) is 24.8 Å². The van der Waals surface area contributed by atoms with E-state index in [1.54, 1.807) is 26.0 Å². The number of halogens is 3. The van der Waals surface area contributed by atoms with E-state index >= 15 is 0 Å². The first-order chi connectivity index (χ1) is 24.5. The van der Waals surface area contributed by atoms with E-state index in [0.717, 1.165) is 14.8 Å². The van der Waals surface area contributed by atoms with Crippen LogP contribution >= 0.6 is 45.8 Å². The minimum absolute atomic E-state index is 0.103. The van der Waals surface area contributed by atoms with Crippen molar-refractivity contribution in [2.45, 2.75) is 59.7 Å². The Kier molecular flexibility index (Phi) is 23.2. The van der Waals surface area contributed by atoms with E-state index in [9.17, 15) is 14.4 Å². The summed E-state index contributed by atoms with van der Waals surface area (Å²) in [7, 11) is 0. The lowest BCUT2D eigenvalue weighted by Gasteiger charge is -2.14. The molecule has 2 aromatic carbocycles. The number of benzene rings is 2. The van der Waals surface area contributed by atoms with Crippen LogP contribution in [0.15, 0.2) is 84.9 Å². The Morgan fingerprint density at radius 3 is 1.61 bits per heavy atom. The van der Waals surface area contributed by atoms with Gasteiger partial charge in [0.15, 0.2) is 21.8 Å². The molecule has 0 saturated carbocycles. The summed E-state index contributed by atoms with van der Waals surface area (Å²) < 4.78 is 21.7. The van der Waals surface area contributed by atoms with Crippen molar-refractivity contribution in [1.29, 1.82) is 0 Å². The Bertz CT molecular complexity index is 1670. The van der Waals surface area contributed by atoms with Crippen molar-refractivity contribution in [1.82, 2.24) is 9.97 Å². The second kappa shape index (κ2) is 26.4. The number of esters is 2. The van der Waals surface area contributed by atoms with Gasteiger partial charge in [-0.25, -0.2) is 9.97 Å². The van der Waals surface area contributed by atoms with Crippen molar-refractivity contribution in [3.8, 4) is 11.5 Å². The van der Waals surface area contributed by atoms with Crippen molar-refractivity contribution in [2.75, 3.05) is 13.2 Å². The number of aromatic nitrogens is 2. The number of ketones is 1. The molecule has 0 bridgehead atoms. The lowest BCUT2D eigenvalue weighted by molar-refractivity contribution is -0.191. The van der Waals surface area contributed by atoms with E-state index in [1.165, 1.54) is 6.92 Å². The molecule has 272 valence electrons. The molecule has 51 heavy (non-hydrogen) atoms. The van der Waals surface area contributed by atoms with Crippen LogP contribution in [-0.2, 0) is 46.7 Å². The first-order valence-corrected chi connectivity index (χ1v) is 17.5. The number of Topliss-reactive ketones (excluding diaryl/α,β-unsaturated/α-hetero) is 1. The zero-order valence-corrected chi connectivity index (χ0v) is 32.3. The molecule has 0 fully saturated rings. The van der Waals surface area contributed by atoms with E-state index in [4.69, 9.17) is 47.0 Å². The van der Waals surface area contributed by atoms with Crippen LogP contribution in [0.1, 0.15) is 63.3 Å². The van der Waals surface area contributed by atoms with Gasteiger partial charge in [-0.15, -0.1) is 0 Å². The lowest BCUT2D eigenvalue weighted by atomic mass is 10.0. The predicted molar refractivity (Wildman–Crippen MR) is 199 cm³/mol. The van der Waals surface area contributed by atoms with E-state index in [-0.39, 0.29) is 29.5 Å². The first-order valence-electron chi connectivity index (χ1n) is 15.6. The highest BCUT2D eigenvalue weighted by molar-refractivity contribution is 14.1. The van der Waals surface area contributed by atoms with Gasteiger partial charge in [-0.3, -0.25) is 14.4 Å². The minimum atomic E-state index is -0.440. The maximum atomic E-state index is 11.9. The van der Waals surface area contributed by atoms with Crippen LogP contribution in [0.4, 0.5) is 0 Å². The molecule has 14 heteroatoms. The number of carbonyl (C=O) groups is 3. The van der Waals surface area contributed by atoms with Crippen LogP contribution in [-0.4, -0.2) is 47.1 Å². The summed E-state index contributed by atoms with van der Waals surface area (Å²) >= 11 is 14.3. The third kappa shape index (κ3) is 19.0. The monoisotopic (exact) mass is 852 g/mol. The van der Waals surface area contributed by atoms with Gasteiger partial charge in [-0.1, -0.05) is 90.8 Å². The summed E-state index contributed by atoms with van der Waals surface area (Å²) in [6.45, 7) is 8.37. The van der Waals surface area contributed by atoms with Crippen molar-refractivity contribution in [2.24, 2.45) is 0 Å². The Balaban J connectivity index is 0.000000402. The molecule has 2 heterocycles. The normalized spacial score (nSPS) is 10.2. The van der Waals surface area contributed by atoms with Crippen LogP contribution in [0.3, 0.4) is 0 Å². The molecule has 0 spiro atoms. The van der Waals surface area contributed by atoms with Crippen LogP contribution < -0.4 is 9.47 Å². The average Bonchev–Trinajstić information content (AvgIpc) is 3.10. The molecular formula is C37H39Cl2IN2O9. The number of rotatable bonds is 13. The lowest BCUT2D eigenvalue weighted by Crippen LogP contribution is -2.16. The van der Waals surface area contributed by atoms with Gasteiger partial charge in [0.1, 0.15) is 29.1 Å². The number of hydrogen-bond acceptors (Lipinski definition) is 11. The summed E-state index contributed by atoms with van der Waals surface area (Å²) in [5.41, 5.74) is 2.76. The highest BCUT2D eigenvalue weighted by Crippen LogP contribution is 2.28. The molecule has 0 radical (unpaired) electrons. The molecular weight excluding hydrogens is 814 g/mol. The zero-order chi connectivity index (χ0) is 38.0. The van der Waals surface area contributed by atoms with Crippen molar-refractivity contribution >= 4 is 69.7 Å². The molecule has 4 rings (SSSR count). The molecule has 11 nitrogen and oxygen atoms in total. The van der Waals surface area contributed by atoms with Gasteiger partial charge in [0, 0.05) is 0 Å². The Morgan fingerprint density at radius 2 is 1.20 bits per heavy atom. The largest absolute Gasteiger partial charge is 0.486 e. The fraction of sp³-hybridized carbons (Fsp3) is 0.297. The molecule has 0 N–H and O–H groups in total. The predicted octanol–water partition coefficient (Wildman–Crippen LogP) is 8.23. The Labute approximate surface area is 321 Å². The molecule has 2 aromatic heterocycles. The molecule has 0 aliphatic rings. The van der Waals surface area contributed by atoms with Crippen molar-refractivity contribution < 1.29 is 42.9 Å². The van der Waals surface area contributed by atoms with Crippen LogP contribution in [0.5, 0.6) is 11.5 Å². The van der Waals surface area contributed by atoms with Crippen molar-refractivity contribution in [3.63, 3.8) is 0 Å². The Morgan fingerprint density at radius 1 is 0.725 bits per heavy atom. The van der Waals surface area contributed by atoms with E-state index in [0.29, 0.717) is 55.2 Å². The first kappa shape index (κ1) is 44.7. The number of ether oxygens (including phenoxy) is 4. The highest BCUT2D eigenvalue weighted by atomic mass is 127. The number of carbonyl (C=O) groups excluding carboxylic acids is 5. The maximum Gasteiger partial charge on any atom is 0.373 e. The zero-order valence-electron chi connectivity index (χ0n) is 28.6. The molecule has 0 aliphatic carbocycles. The molecule has 1 atom stereocenters. The van der Waals surface area contributed by atoms with Crippen LogP contribution in [0.2, 0.25) is 10.3 Å². The van der Waals surface area contributed by atoms with Gasteiger partial charge in [0.2, 0.25) is 0 Å². The Hall–Kier alpha value is -4.36. The van der Waals surface area contributed by atoms with Crippen molar-refractivity contribution in [3.05, 3.63) is 116 Å².